The molecule has 0 aliphatic rings. The number of rotatable bonds is 2. The van der Waals surface area contributed by atoms with Gasteiger partial charge in [0, 0.05) is 12.0 Å². The molecule has 0 atom stereocenters. The Morgan fingerprint density at radius 3 is 2.42 bits per heavy atom. The van der Waals surface area contributed by atoms with Gasteiger partial charge in [-0.05, 0) is 6.92 Å². The van der Waals surface area contributed by atoms with E-state index in [0.29, 0.717) is 5.69 Å². The summed E-state index contributed by atoms with van der Waals surface area (Å²) in [5.41, 5.74) is 0.477. The summed E-state index contributed by atoms with van der Waals surface area (Å²) in [6.07, 6.45) is 0. The minimum Gasteiger partial charge on any atom is -0.355 e. The molecule has 0 aliphatic carbocycles. The molecule has 68 valence electrons. The van der Waals surface area contributed by atoms with Crippen molar-refractivity contribution in [3.8, 4) is 0 Å². The zero-order valence-corrected chi connectivity index (χ0v) is 7.27. The second-order valence-corrected chi connectivity index (χ2v) is 3.11. The van der Waals surface area contributed by atoms with Gasteiger partial charge in [-0.1, -0.05) is 19.0 Å². The Kier molecular flexibility index (Phi) is 2.17. The summed E-state index contributed by atoms with van der Waals surface area (Å²) < 4.78 is 30.8. The van der Waals surface area contributed by atoms with Crippen molar-refractivity contribution in [2.24, 2.45) is 5.92 Å². The van der Waals surface area contributed by atoms with Crippen LogP contribution in [0.15, 0.2) is 10.6 Å². The third kappa shape index (κ3) is 1.47. The predicted octanol–water partition coefficient (Wildman–Crippen LogP) is 2.73. The molecule has 4 heteroatoms. The van der Waals surface area contributed by atoms with Crippen molar-refractivity contribution >= 4 is 0 Å². The molecule has 1 aromatic rings. The number of alkyl halides is 2. The molecular weight excluding hydrogens is 164 g/mol. The van der Waals surface area contributed by atoms with Crippen LogP contribution < -0.4 is 0 Å². The van der Waals surface area contributed by atoms with E-state index < -0.39 is 11.8 Å². The third-order valence-electron chi connectivity index (χ3n) is 1.68. The fraction of sp³-hybridized carbons (Fsp3) is 0.625. The highest BCUT2D eigenvalue weighted by atomic mass is 19.3. The van der Waals surface area contributed by atoms with E-state index in [1.54, 1.807) is 6.92 Å². The average molecular weight is 175 g/mol. The first-order chi connectivity index (χ1) is 5.44. The molecule has 0 fully saturated rings. The molecule has 0 aliphatic heterocycles. The van der Waals surface area contributed by atoms with Gasteiger partial charge in [-0.15, -0.1) is 0 Å². The molecule has 0 N–H and O–H groups in total. The van der Waals surface area contributed by atoms with Crippen LogP contribution in [0, 0.1) is 12.8 Å². The van der Waals surface area contributed by atoms with Crippen LogP contribution in [0.3, 0.4) is 0 Å². The number of aromatic nitrogens is 1. The third-order valence-corrected chi connectivity index (χ3v) is 1.68. The Labute approximate surface area is 69.6 Å². The Morgan fingerprint density at radius 1 is 1.50 bits per heavy atom. The average Bonchev–Trinajstić information content (AvgIpc) is 2.35. The number of hydrogen-bond acceptors (Lipinski definition) is 2. The fourth-order valence-corrected chi connectivity index (χ4v) is 0.805. The van der Waals surface area contributed by atoms with E-state index in [-0.39, 0.29) is 5.76 Å². The van der Waals surface area contributed by atoms with Crippen molar-refractivity contribution in [3.63, 3.8) is 0 Å². The molecule has 0 saturated carbocycles. The van der Waals surface area contributed by atoms with Crippen LogP contribution in [0.2, 0.25) is 0 Å². The summed E-state index contributed by atoms with van der Waals surface area (Å²) in [7, 11) is 0. The summed E-state index contributed by atoms with van der Waals surface area (Å²) in [6, 6.07) is 1.26. The van der Waals surface area contributed by atoms with Gasteiger partial charge in [-0.3, -0.25) is 0 Å². The largest absolute Gasteiger partial charge is 0.355 e. The summed E-state index contributed by atoms with van der Waals surface area (Å²) in [4.78, 5) is 0. The normalized spacial score (nSPS) is 12.5. The van der Waals surface area contributed by atoms with Crippen molar-refractivity contribution in [2.75, 3.05) is 0 Å². The van der Waals surface area contributed by atoms with Crippen LogP contribution in [0.1, 0.15) is 25.3 Å². The topological polar surface area (TPSA) is 26.0 Å². The van der Waals surface area contributed by atoms with Gasteiger partial charge in [-0.2, -0.15) is 8.78 Å². The van der Waals surface area contributed by atoms with Crippen molar-refractivity contribution in [1.29, 1.82) is 0 Å². The number of halogens is 2. The van der Waals surface area contributed by atoms with Gasteiger partial charge >= 0.3 is 5.92 Å². The van der Waals surface area contributed by atoms with Gasteiger partial charge in [0.25, 0.3) is 0 Å². The second-order valence-electron chi connectivity index (χ2n) is 3.11. The van der Waals surface area contributed by atoms with E-state index in [0.717, 1.165) is 0 Å². The summed E-state index contributed by atoms with van der Waals surface area (Å²) in [5.74, 6) is -4.04. The molecule has 1 rings (SSSR count). The van der Waals surface area contributed by atoms with Gasteiger partial charge in [0.2, 0.25) is 5.76 Å². The molecule has 0 radical (unpaired) electrons. The molecule has 0 unspecified atom stereocenters. The van der Waals surface area contributed by atoms with Crippen molar-refractivity contribution in [2.45, 2.75) is 26.7 Å². The van der Waals surface area contributed by atoms with E-state index in [1.807, 2.05) is 0 Å². The first-order valence-electron chi connectivity index (χ1n) is 3.76. The maximum absolute atomic E-state index is 13.2. The van der Waals surface area contributed by atoms with E-state index in [4.69, 9.17) is 0 Å². The summed E-state index contributed by atoms with van der Waals surface area (Å²) in [6.45, 7) is 4.50. The van der Waals surface area contributed by atoms with Crippen molar-refractivity contribution in [1.82, 2.24) is 5.16 Å². The first kappa shape index (κ1) is 9.16. The van der Waals surface area contributed by atoms with E-state index in [2.05, 4.69) is 9.68 Å². The molecule has 0 spiro atoms. The van der Waals surface area contributed by atoms with Crippen LogP contribution in [-0.2, 0) is 5.92 Å². The van der Waals surface area contributed by atoms with Crippen molar-refractivity contribution in [3.05, 3.63) is 17.5 Å². The number of hydrogen-bond donors (Lipinski definition) is 0. The first-order valence-corrected chi connectivity index (χ1v) is 3.76. The molecule has 0 saturated heterocycles. The lowest BCUT2D eigenvalue weighted by Gasteiger charge is -2.15. The standard InChI is InChI=1S/C8H11F2NO/c1-5(2)8(9,10)7-4-6(3)11-12-7/h4-5H,1-3H3. The molecule has 0 bridgehead atoms. The Bertz CT molecular complexity index is 268. The Morgan fingerprint density at radius 2 is 2.08 bits per heavy atom. The van der Waals surface area contributed by atoms with E-state index in [1.165, 1.54) is 19.9 Å². The smallest absolute Gasteiger partial charge is 0.309 e. The monoisotopic (exact) mass is 175 g/mol. The molecule has 2 nitrogen and oxygen atoms in total. The Hall–Kier alpha value is -0.930. The molecule has 1 heterocycles. The SMILES string of the molecule is Cc1cc(C(F)(F)C(C)C)on1. The second kappa shape index (κ2) is 2.84. The van der Waals surface area contributed by atoms with Gasteiger partial charge in [0.05, 0.1) is 5.69 Å². The molecule has 1 aromatic heterocycles. The lowest BCUT2D eigenvalue weighted by atomic mass is 10.0. The summed E-state index contributed by atoms with van der Waals surface area (Å²) >= 11 is 0. The van der Waals surface area contributed by atoms with Crippen molar-refractivity contribution < 1.29 is 13.3 Å². The van der Waals surface area contributed by atoms with Gasteiger partial charge in [0.15, 0.2) is 0 Å². The zero-order chi connectivity index (χ0) is 9.35. The van der Waals surface area contributed by atoms with Crippen LogP contribution in [-0.4, -0.2) is 5.16 Å². The van der Waals surface area contributed by atoms with Crippen LogP contribution in [0.25, 0.3) is 0 Å². The van der Waals surface area contributed by atoms with Crippen LogP contribution in [0.5, 0.6) is 0 Å². The van der Waals surface area contributed by atoms with Crippen LogP contribution in [0.4, 0.5) is 8.78 Å². The zero-order valence-electron chi connectivity index (χ0n) is 7.27. The quantitative estimate of drug-likeness (QED) is 0.690. The number of nitrogens with zero attached hydrogens (tertiary/aromatic N) is 1. The van der Waals surface area contributed by atoms with Gasteiger partial charge in [-0.25, -0.2) is 0 Å². The fourth-order valence-electron chi connectivity index (χ4n) is 0.805. The maximum atomic E-state index is 13.2. The highest BCUT2D eigenvalue weighted by Gasteiger charge is 2.39. The van der Waals surface area contributed by atoms with E-state index >= 15 is 0 Å². The minimum atomic E-state index is -2.92. The lowest BCUT2D eigenvalue weighted by molar-refractivity contribution is -0.0736. The van der Waals surface area contributed by atoms with Gasteiger partial charge < -0.3 is 4.52 Å². The molecule has 12 heavy (non-hydrogen) atoms. The highest BCUT2D eigenvalue weighted by molar-refractivity contribution is 5.09. The van der Waals surface area contributed by atoms with E-state index in [9.17, 15) is 8.78 Å². The van der Waals surface area contributed by atoms with Gasteiger partial charge in [0.1, 0.15) is 0 Å². The lowest BCUT2D eigenvalue weighted by Crippen LogP contribution is -2.19. The summed E-state index contributed by atoms with van der Waals surface area (Å²) in [5, 5.41) is 3.41. The number of aryl methyl sites for hydroxylation is 1. The highest BCUT2D eigenvalue weighted by Crippen LogP contribution is 2.35. The molecular formula is C8H11F2NO. The Balaban J connectivity index is 2.97. The molecule has 0 aromatic carbocycles. The van der Waals surface area contributed by atoms with Crippen LogP contribution >= 0.6 is 0 Å². The maximum Gasteiger partial charge on any atom is 0.309 e. The predicted molar refractivity (Wildman–Crippen MR) is 40.0 cm³/mol. The minimum absolute atomic E-state index is 0.352. The molecule has 0 amide bonds.